The molecule has 0 saturated heterocycles. The first-order chi connectivity index (χ1) is 10.5. The second kappa shape index (κ2) is 7.29. The summed E-state index contributed by atoms with van der Waals surface area (Å²) in [5, 5.41) is 11.6. The highest BCUT2D eigenvalue weighted by Crippen LogP contribution is 2.44. The van der Waals surface area contributed by atoms with Crippen LogP contribution in [0.3, 0.4) is 0 Å². The summed E-state index contributed by atoms with van der Waals surface area (Å²) < 4.78 is 5.10. The average Bonchev–Trinajstić information content (AvgIpc) is 2.47. The zero-order chi connectivity index (χ0) is 16.0. The number of aliphatic carboxylic acids is 1. The molecule has 0 aromatic heterocycles. The summed E-state index contributed by atoms with van der Waals surface area (Å²) in [7, 11) is 0. The molecule has 1 aliphatic rings. The van der Waals surface area contributed by atoms with Crippen LogP contribution >= 0.6 is 0 Å². The van der Waals surface area contributed by atoms with Gasteiger partial charge in [0.25, 0.3) is 5.91 Å². The van der Waals surface area contributed by atoms with Gasteiger partial charge < -0.3 is 15.2 Å². The molecule has 1 fully saturated rings. The summed E-state index contributed by atoms with van der Waals surface area (Å²) >= 11 is 0. The van der Waals surface area contributed by atoms with Crippen molar-refractivity contribution in [2.24, 2.45) is 5.41 Å². The molecule has 0 atom stereocenters. The number of carbonyl (C=O) groups is 2. The maximum absolute atomic E-state index is 12.2. The van der Waals surface area contributed by atoms with Gasteiger partial charge in [-0.25, -0.2) is 4.79 Å². The third kappa shape index (κ3) is 4.23. The lowest BCUT2D eigenvalue weighted by molar-refractivity contribution is -0.139. The number of nitrogens with one attached hydrogen (secondary N) is 1. The van der Waals surface area contributed by atoms with Gasteiger partial charge in [-0.2, -0.15) is 0 Å². The molecule has 5 nitrogen and oxygen atoms in total. The lowest BCUT2D eigenvalue weighted by atomic mass is 9.66. The van der Waals surface area contributed by atoms with Crippen molar-refractivity contribution in [1.82, 2.24) is 5.32 Å². The van der Waals surface area contributed by atoms with Crippen molar-refractivity contribution in [3.8, 4) is 5.75 Å². The van der Waals surface area contributed by atoms with Gasteiger partial charge in [-0.15, -0.1) is 0 Å². The van der Waals surface area contributed by atoms with Gasteiger partial charge in [0.05, 0.1) is 0 Å². The van der Waals surface area contributed by atoms with E-state index in [0.717, 1.165) is 12.8 Å². The molecule has 1 aromatic carbocycles. The van der Waals surface area contributed by atoms with Crippen LogP contribution in [-0.4, -0.2) is 30.1 Å². The Morgan fingerprint density at radius 2 is 2.14 bits per heavy atom. The predicted molar refractivity (Wildman–Crippen MR) is 83.1 cm³/mol. The van der Waals surface area contributed by atoms with E-state index >= 15 is 0 Å². The summed E-state index contributed by atoms with van der Waals surface area (Å²) in [6.07, 6.45) is 5.89. The van der Waals surface area contributed by atoms with Gasteiger partial charge in [0, 0.05) is 12.1 Å². The van der Waals surface area contributed by atoms with E-state index in [1.54, 1.807) is 24.3 Å². The van der Waals surface area contributed by atoms with Crippen LogP contribution in [0.2, 0.25) is 0 Å². The minimum absolute atomic E-state index is 0.136. The number of ether oxygens (including phenoxy) is 1. The standard InChI is InChI=1S/C17H23NO4/c1-2-7-17(8-4-9-17)12-18-16(21)13-5-3-6-14(10-13)22-11-15(19)20/h3,5-6,10H,2,4,7-9,11-12H2,1H3,(H,18,21)(H,19,20). The molecule has 2 N–H and O–H groups in total. The number of carboxylic acid groups (broad SMARTS) is 1. The van der Waals surface area contributed by atoms with Crippen LogP contribution in [0.15, 0.2) is 24.3 Å². The highest BCUT2D eigenvalue weighted by molar-refractivity contribution is 5.94. The van der Waals surface area contributed by atoms with Crippen molar-refractivity contribution >= 4 is 11.9 Å². The van der Waals surface area contributed by atoms with E-state index in [1.165, 1.54) is 19.3 Å². The van der Waals surface area contributed by atoms with Gasteiger partial charge in [-0.3, -0.25) is 4.79 Å². The van der Waals surface area contributed by atoms with Crippen molar-refractivity contribution < 1.29 is 19.4 Å². The Bertz CT molecular complexity index is 537. The summed E-state index contributed by atoms with van der Waals surface area (Å²) in [5.41, 5.74) is 0.774. The Balaban J connectivity index is 1.91. The number of amides is 1. The van der Waals surface area contributed by atoms with Crippen LogP contribution in [0.4, 0.5) is 0 Å². The molecule has 0 spiro atoms. The SMILES string of the molecule is CCCC1(CNC(=O)c2cccc(OCC(=O)O)c2)CCC1. The predicted octanol–water partition coefficient (Wildman–Crippen LogP) is 2.85. The van der Waals surface area contributed by atoms with Crippen molar-refractivity contribution in [2.45, 2.75) is 39.0 Å². The number of carboxylic acids is 1. The van der Waals surface area contributed by atoms with Crippen molar-refractivity contribution in [3.63, 3.8) is 0 Å². The average molecular weight is 305 g/mol. The van der Waals surface area contributed by atoms with E-state index in [9.17, 15) is 9.59 Å². The van der Waals surface area contributed by atoms with Gasteiger partial charge in [0.15, 0.2) is 6.61 Å². The number of carbonyl (C=O) groups excluding carboxylic acids is 1. The molecule has 0 aliphatic heterocycles. The fourth-order valence-electron chi connectivity index (χ4n) is 2.96. The Morgan fingerprint density at radius 1 is 1.36 bits per heavy atom. The molecule has 1 saturated carbocycles. The maximum atomic E-state index is 12.2. The van der Waals surface area contributed by atoms with Gasteiger partial charge in [-0.05, 0) is 42.9 Å². The van der Waals surface area contributed by atoms with E-state index in [2.05, 4.69) is 12.2 Å². The van der Waals surface area contributed by atoms with E-state index in [4.69, 9.17) is 9.84 Å². The van der Waals surface area contributed by atoms with Crippen LogP contribution in [0.25, 0.3) is 0 Å². The quantitative estimate of drug-likeness (QED) is 0.774. The number of benzene rings is 1. The smallest absolute Gasteiger partial charge is 0.341 e. The van der Waals surface area contributed by atoms with Crippen LogP contribution in [0.5, 0.6) is 5.75 Å². The molecule has 0 bridgehead atoms. The van der Waals surface area contributed by atoms with Gasteiger partial charge in [0.1, 0.15) is 5.75 Å². The van der Waals surface area contributed by atoms with Gasteiger partial charge in [0.2, 0.25) is 0 Å². The summed E-state index contributed by atoms with van der Waals surface area (Å²) in [5.74, 6) is -0.786. The van der Waals surface area contributed by atoms with E-state index in [-0.39, 0.29) is 11.3 Å². The molecule has 1 aliphatic carbocycles. The molecular formula is C17H23NO4. The first-order valence-corrected chi connectivity index (χ1v) is 7.77. The topological polar surface area (TPSA) is 75.6 Å². The first-order valence-electron chi connectivity index (χ1n) is 7.77. The zero-order valence-corrected chi connectivity index (χ0v) is 12.9. The molecular weight excluding hydrogens is 282 g/mol. The van der Waals surface area contributed by atoms with E-state index in [1.807, 2.05) is 0 Å². The fraction of sp³-hybridized carbons (Fsp3) is 0.529. The molecule has 5 heteroatoms. The summed E-state index contributed by atoms with van der Waals surface area (Å²) in [4.78, 5) is 22.7. The van der Waals surface area contributed by atoms with Crippen LogP contribution in [-0.2, 0) is 4.79 Å². The lowest BCUT2D eigenvalue weighted by Gasteiger charge is -2.42. The minimum atomic E-state index is -1.04. The fourth-order valence-corrected chi connectivity index (χ4v) is 2.96. The molecule has 0 radical (unpaired) electrons. The Kier molecular flexibility index (Phi) is 5.41. The van der Waals surface area contributed by atoms with E-state index < -0.39 is 12.6 Å². The Hall–Kier alpha value is -2.04. The van der Waals surface area contributed by atoms with Crippen molar-refractivity contribution in [1.29, 1.82) is 0 Å². The molecule has 22 heavy (non-hydrogen) atoms. The second-order valence-electron chi connectivity index (χ2n) is 6.00. The first kappa shape index (κ1) is 16.3. The molecule has 1 aromatic rings. The minimum Gasteiger partial charge on any atom is -0.482 e. The second-order valence-corrected chi connectivity index (χ2v) is 6.00. The molecule has 0 unspecified atom stereocenters. The third-order valence-electron chi connectivity index (χ3n) is 4.28. The molecule has 2 rings (SSSR count). The zero-order valence-electron chi connectivity index (χ0n) is 12.9. The van der Waals surface area contributed by atoms with Gasteiger partial charge in [-0.1, -0.05) is 25.8 Å². The molecule has 0 heterocycles. The van der Waals surface area contributed by atoms with Gasteiger partial charge >= 0.3 is 5.97 Å². The normalized spacial score (nSPS) is 15.7. The third-order valence-corrected chi connectivity index (χ3v) is 4.28. The van der Waals surface area contributed by atoms with Crippen molar-refractivity contribution in [3.05, 3.63) is 29.8 Å². The Morgan fingerprint density at radius 3 is 2.73 bits per heavy atom. The molecule has 1 amide bonds. The highest BCUT2D eigenvalue weighted by atomic mass is 16.5. The highest BCUT2D eigenvalue weighted by Gasteiger charge is 2.36. The molecule has 120 valence electrons. The number of hydrogen-bond donors (Lipinski definition) is 2. The number of hydrogen-bond acceptors (Lipinski definition) is 3. The lowest BCUT2D eigenvalue weighted by Crippen LogP contribution is -2.42. The van der Waals surface area contributed by atoms with Crippen LogP contribution < -0.4 is 10.1 Å². The monoisotopic (exact) mass is 305 g/mol. The maximum Gasteiger partial charge on any atom is 0.341 e. The van der Waals surface area contributed by atoms with Crippen LogP contribution in [0.1, 0.15) is 49.4 Å². The van der Waals surface area contributed by atoms with E-state index in [0.29, 0.717) is 17.9 Å². The largest absolute Gasteiger partial charge is 0.482 e. The number of rotatable bonds is 8. The Labute approximate surface area is 130 Å². The van der Waals surface area contributed by atoms with Crippen molar-refractivity contribution in [2.75, 3.05) is 13.2 Å². The van der Waals surface area contributed by atoms with Crippen LogP contribution in [0, 0.1) is 5.41 Å². The summed E-state index contributed by atoms with van der Waals surface area (Å²) in [6, 6.07) is 6.61. The summed E-state index contributed by atoms with van der Waals surface area (Å²) in [6.45, 7) is 2.47.